The number of ether oxygens (including phenoxy) is 5. The number of rotatable bonds is 12. The van der Waals surface area contributed by atoms with Crippen LogP contribution in [0.1, 0.15) is 33.3 Å². The van der Waals surface area contributed by atoms with Gasteiger partial charge < -0.3 is 33.6 Å². The van der Waals surface area contributed by atoms with Gasteiger partial charge in [0.05, 0.1) is 39.7 Å². The summed E-state index contributed by atoms with van der Waals surface area (Å²) in [5, 5.41) is 5.13. The SMILES string of the molecule is CCOc1cc(C=NNC(=O)c2[nH]c3ccc(N(C)C)cc3c2-c2ccccc2)ccc1OC(=O)c1cc(OC)c(OC)c(OC)c1. The molecule has 1 amide bonds. The maximum Gasteiger partial charge on any atom is 0.343 e. The minimum atomic E-state index is -0.649. The number of hydrogen-bond acceptors (Lipinski definition) is 9. The topological polar surface area (TPSA) is 124 Å². The van der Waals surface area contributed by atoms with Crippen molar-refractivity contribution in [2.75, 3.05) is 46.9 Å². The Labute approximate surface area is 272 Å². The van der Waals surface area contributed by atoms with E-state index < -0.39 is 11.9 Å². The lowest BCUT2D eigenvalue weighted by Gasteiger charge is -2.15. The molecule has 0 saturated carbocycles. The fraction of sp³-hybridized carbons (Fsp3) is 0.194. The maximum absolute atomic E-state index is 13.5. The van der Waals surface area contributed by atoms with E-state index in [9.17, 15) is 9.59 Å². The molecule has 0 atom stereocenters. The van der Waals surface area contributed by atoms with E-state index in [2.05, 4.69) is 21.6 Å². The van der Waals surface area contributed by atoms with Gasteiger partial charge in [-0.25, -0.2) is 10.2 Å². The average Bonchev–Trinajstić information content (AvgIpc) is 3.48. The van der Waals surface area contributed by atoms with Crippen LogP contribution in [0, 0.1) is 0 Å². The van der Waals surface area contributed by atoms with E-state index in [0.29, 0.717) is 40.9 Å². The van der Waals surface area contributed by atoms with Gasteiger partial charge in [0, 0.05) is 36.2 Å². The molecule has 0 spiro atoms. The highest BCUT2D eigenvalue weighted by atomic mass is 16.6. The highest BCUT2D eigenvalue weighted by Gasteiger charge is 2.21. The molecule has 5 aromatic rings. The molecular weight excluding hydrogens is 600 g/mol. The first kappa shape index (κ1) is 32.4. The predicted octanol–water partition coefficient (Wildman–Crippen LogP) is 6.31. The van der Waals surface area contributed by atoms with Gasteiger partial charge in [-0.3, -0.25) is 4.79 Å². The number of H-pyrrole nitrogens is 1. The van der Waals surface area contributed by atoms with Crippen molar-refractivity contribution >= 4 is 34.7 Å². The number of carbonyl (C=O) groups is 2. The molecular formula is C36H36N4O7. The number of aromatic amines is 1. The first-order chi connectivity index (χ1) is 22.8. The molecule has 0 saturated heterocycles. The normalized spacial score (nSPS) is 10.9. The molecule has 0 bridgehead atoms. The van der Waals surface area contributed by atoms with Gasteiger partial charge >= 0.3 is 5.97 Å². The molecule has 4 aromatic carbocycles. The summed E-state index contributed by atoms with van der Waals surface area (Å²) < 4.78 is 27.5. The van der Waals surface area contributed by atoms with Crippen LogP contribution in [0.5, 0.6) is 28.7 Å². The van der Waals surface area contributed by atoms with Crippen molar-refractivity contribution in [3.63, 3.8) is 0 Å². The number of hydrogen-bond donors (Lipinski definition) is 2. The molecule has 1 heterocycles. The Bertz CT molecular complexity index is 1910. The summed E-state index contributed by atoms with van der Waals surface area (Å²) in [5.74, 6) is 0.472. The lowest BCUT2D eigenvalue weighted by Crippen LogP contribution is -2.18. The zero-order valence-electron chi connectivity index (χ0n) is 27.0. The largest absolute Gasteiger partial charge is 0.493 e. The van der Waals surface area contributed by atoms with E-state index >= 15 is 0 Å². The van der Waals surface area contributed by atoms with Gasteiger partial charge in [0.2, 0.25) is 5.75 Å². The average molecular weight is 637 g/mol. The van der Waals surface area contributed by atoms with Crippen LogP contribution in [0.25, 0.3) is 22.0 Å². The zero-order chi connectivity index (χ0) is 33.5. The Morgan fingerprint density at radius 1 is 0.851 bits per heavy atom. The van der Waals surface area contributed by atoms with Crippen LogP contribution in [-0.2, 0) is 0 Å². The summed E-state index contributed by atoms with van der Waals surface area (Å²) in [6, 6.07) is 23.7. The van der Waals surface area contributed by atoms with Gasteiger partial charge in [-0.2, -0.15) is 5.10 Å². The molecule has 0 aliphatic heterocycles. The summed E-state index contributed by atoms with van der Waals surface area (Å²) in [5.41, 5.74) is 7.37. The van der Waals surface area contributed by atoms with Crippen LogP contribution < -0.4 is 34.0 Å². The van der Waals surface area contributed by atoms with Crippen molar-refractivity contribution in [1.82, 2.24) is 10.4 Å². The number of nitrogens with zero attached hydrogens (tertiary/aromatic N) is 2. The van der Waals surface area contributed by atoms with Crippen molar-refractivity contribution in [2.45, 2.75) is 6.92 Å². The lowest BCUT2D eigenvalue weighted by atomic mass is 10.0. The number of benzene rings is 4. The Morgan fingerprint density at radius 3 is 2.21 bits per heavy atom. The van der Waals surface area contributed by atoms with Crippen LogP contribution in [0.2, 0.25) is 0 Å². The van der Waals surface area contributed by atoms with Crippen LogP contribution >= 0.6 is 0 Å². The Balaban J connectivity index is 1.37. The third-order valence-electron chi connectivity index (χ3n) is 7.34. The second-order valence-electron chi connectivity index (χ2n) is 10.5. The number of amides is 1. The first-order valence-electron chi connectivity index (χ1n) is 14.8. The number of fused-ring (bicyclic) bond motifs is 1. The number of carbonyl (C=O) groups excluding carboxylic acids is 2. The van der Waals surface area contributed by atoms with Gasteiger partial charge in [0.15, 0.2) is 23.0 Å². The summed E-state index contributed by atoms with van der Waals surface area (Å²) in [7, 11) is 8.36. The molecule has 0 unspecified atom stereocenters. The van der Waals surface area contributed by atoms with Gasteiger partial charge in [0.25, 0.3) is 5.91 Å². The quantitative estimate of drug-likeness (QED) is 0.0707. The summed E-state index contributed by atoms with van der Waals surface area (Å²) >= 11 is 0. The number of hydrazone groups is 1. The summed E-state index contributed by atoms with van der Waals surface area (Å²) in [6.45, 7) is 2.14. The minimum Gasteiger partial charge on any atom is -0.493 e. The first-order valence-corrected chi connectivity index (χ1v) is 14.8. The third kappa shape index (κ3) is 6.99. The third-order valence-corrected chi connectivity index (χ3v) is 7.34. The van der Waals surface area contributed by atoms with Gasteiger partial charge in [-0.1, -0.05) is 30.3 Å². The van der Waals surface area contributed by atoms with E-state index in [-0.39, 0.29) is 11.3 Å². The van der Waals surface area contributed by atoms with E-state index in [1.54, 1.807) is 18.2 Å². The Kier molecular flexibility index (Phi) is 9.95. The molecule has 0 aliphatic rings. The molecule has 2 N–H and O–H groups in total. The molecule has 0 radical (unpaired) electrons. The van der Waals surface area contributed by atoms with Crippen LogP contribution in [0.3, 0.4) is 0 Å². The molecule has 11 heteroatoms. The Hall–Kier alpha value is -5.97. The number of aromatic nitrogens is 1. The molecule has 0 aliphatic carbocycles. The Morgan fingerprint density at radius 2 is 1.57 bits per heavy atom. The van der Waals surface area contributed by atoms with Crippen molar-refractivity contribution in [1.29, 1.82) is 0 Å². The number of anilines is 1. The summed E-state index contributed by atoms with van der Waals surface area (Å²) in [4.78, 5) is 31.8. The monoisotopic (exact) mass is 636 g/mol. The molecule has 0 fully saturated rings. The molecule has 242 valence electrons. The predicted molar refractivity (Wildman–Crippen MR) is 182 cm³/mol. The van der Waals surface area contributed by atoms with Gasteiger partial charge in [0.1, 0.15) is 5.69 Å². The second-order valence-corrected chi connectivity index (χ2v) is 10.5. The van der Waals surface area contributed by atoms with Crippen LogP contribution in [-0.4, -0.2) is 65.1 Å². The smallest absolute Gasteiger partial charge is 0.343 e. The van der Waals surface area contributed by atoms with Gasteiger partial charge in [-0.05, 0) is 66.6 Å². The maximum atomic E-state index is 13.5. The second kappa shape index (κ2) is 14.4. The highest BCUT2D eigenvalue weighted by molar-refractivity contribution is 6.10. The van der Waals surface area contributed by atoms with E-state index in [4.69, 9.17) is 23.7 Å². The van der Waals surface area contributed by atoms with E-state index in [1.807, 2.05) is 68.4 Å². The van der Waals surface area contributed by atoms with Gasteiger partial charge in [-0.15, -0.1) is 0 Å². The zero-order valence-corrected chi connectivity index (χ0v) is 27.0. The standard InChI is InChI=1S/C36H36N4O7/c1-7-46-29-17-22(13-16-28(29)47-36(42)24-18-30(43-4)34(45-6)31(19-24)44-5)21-37-39-35(41)33-32(23-11-9-8-10-12-23)26-20-25(40(2)3)14-15-27(26)38-33/h8-21,38H,7H2,1-6H3,(H,39,41). The molecule has 11 nitrogen and oxygen atoms in total. The molecule has 47 heavy (non-hydrogen) atoms. The number of esters is 1. The number of methoxy groups -OCH3 is 3. The van der Waals surface area contributed by atoms with E-state index in [0.717, 1.165) is 27.7 Å². The van der Waals surface area contributed by atoms with Crippen LogP contribution in [0.15, 0.2) is 84.0 Å². The van der Waals surface area contributed by atoms with Crippen molar-refractivity contribution in [3.05, 3.63) is 95.7 Å². The fourth-order valence-electron chi connectivity index (χ4n) is 5.07. The van der Waals surface area contributed by atoms with Crippen LogP contribution in [0.4, 0.5) is 5.69 Å². The van der Waals surface area contributed by atoms with Crippen molar-refractivity contribution in [3.8, 4) is 39.9 Å². The number of nitrogens with one attached hydrogen (secondary N) is 2. The summed E-state index contributed by atoms with van der Waals surface area (Å²) in [6.07, 6.45) is 1.49. The van der Waals surface area contributed by atoms with Crippen molar-refractivity contribution < 1.29 is 33.3 Å². The fourth-order valence-corrected chi connectivity index (χ4v) is 5.07. The molecule has 5 rings (SSSR count). The highest BCUT2D eigenvalue weighted by Crippen LogP contribution is 2.39. The lowest BCUT2D eigenvalue weighted by molar-refractivity contribution is 0.0727. The van der Waals surface area contributed by atoms with E-state index in [1.165, 1.54) is 39.7 Å². The van der Waals surface area contributed by atoms with Crippen molar-refractivity contribution in [2.24, 2.45) is 5.10 Å². The molecule has 1 aromatic heterocycles. The minimum absolute atomic E-state index is 0.195.